The van der Waals surface area contributed by atoms with E-state index in [0.717, 1.165) is 35.2 Å². The van der Waals surface area contributed by atoms with Gasteiger partial charge in [0.05, 0.1) is 0 Å². The first-order valence-electron chi connectivity index (χ1n) is 11.5. The summed E-state index contributed by atoms with van der Waals surface area (Å²) in [4.78, 5) is 26.7. The van der Waals surface area contributed by atoms with Gasteiger partial charge in [0.2, 0.25) is 5.91 Å². The van der Waals surface area contributed by atoms with Crippen LogP contribution in [0, 0.1) is 0 Å². The second kappa shape index (κ2) is 10.3. The van der Waals surface area contributed by atoms with Gasteiger partial charge in [-0.15, -0.1) is 0 Å². The van der Waals surface area contributed by atoms with Crippen molar-refractivity contribution >= 4 is 23.4 Å². The molecule has 0 spiro atoms. The molecule has 34 heavy (non-hydrogen) atoms. The largest absolute Gasteiger partial charge is 0.478 e. The number of nitrogens with one attached hydrogen (secondary N) is 1. The molecule has 1 aliphatic heterocycles. The molecule has 4 rings (SSSR count). The highest BCUT2D eigenvalue weighted by Gasteiger charge is 2.30. The number of nitrogens with zero attached hydrogens (tertiary/aromatic N) is 1. The van der Waals surface area contributed by atoms with Crippen LogP contribution in [0.2, 0.25) is 5.02 Å². The van der Waals surface area contributed by atoms with Crippen molar-refractivity contribution in [3.8, 4) is 16.9 Å². The summed E-state index contributed by atoms with van der Waals surface area (Å²) >= 11 is 5.93. The lowest BCUT2D eigenvalue weighted by Crippen LogP contribution is -2.46. The highest BCUT2D eigenvalue weighted by molar-refractivity contribution is 6.30. The lowest BCUT2D eigenvalue weighted by atomic mass is 9.98. The average Bonchev–Trinajstić information content (AvgIpc) is 3.23. The quantitative estimate of drug-likeness (QED) is 0.460. The summed E-state index contributed by atoms with van der Waals surface area (Å²) in [6.07, 6.45) is 1.59. The van der Waals surface area contributed by atoms with Gasteiger partial charge in [-0.3, -0.25) is 9.59 Å². The van der Waals surface area contributed by atoms with Crippen LogP contribution in [-0.2, 0) is 22.7 Å². The van der Waals surface area contributed by atoms with Crippen LogP contribution in [-0.4, -0.2) is 28.9 Å². The maximum Gasteiger partial charge on any atom is 0.263 e. The van der Waals surface area contributed by atoms with E-state index in [1.807, 2.05) is 23.1 Å². The molecule has 1 N–H and O–H groups in total. The maximum atomic E-state index is 12.9. The zero-order valence-electron chi connectivity index (χ0n) is 19.5. The number of hydrogen-bond acceptors (Lipinski definition) is 3. The topological polar surface area (TPSA) is 58.6 Å². The van der Waals surface area contributed by atoms with E-state index >= 15 is 0 Å². The van der Waals surface area contributed by atoms with Gasteiger partial charge in [-0.1, -0.05) is 60.1 Å². The second-order valence-electron chi connectivity index (χ2n) is 9.02. The minimum absolute atomic E-state index is 0.206. The SMILES string of the molecule is CC(C)(Oc1ccc(Cl)cc1)C(=O)NCc1ccccc1-c1ccc(CN2CCCC2=O)cc1. The van der Waals surface area contributed by atoms with Gasteiger partial charge in [0.1, 0.15) is 5.75 Å². The number of halogens is 1. The number of amides is 2. The van der Waals surface area contributed by atoms with Gasteiger partial charge in [-0.05, 0) is 66.8 Å². The monoisotopic (exact) mass is 476 g/mol. The standard InChI is InChI=1S/C28H29ClN2O3/c1-28(2,34-24-15-13-23(29)14-16-24)27(33)30-18-22-6-3-4-7-25(22)21-11-9-20(10-12-21)19-31-17-5-8-26(31)32/h3-4,6-7,9-16H,5,8,17-19H2,1-2H3,(H,30,33). The highest BCUT2D eigenvalue weighted by Crippen LogP contribution is 2.26. The first-order chi connectivity index (χ1) is 16.3. The molecule has 5 nitrogen and oxygen atoms in total. The molecule has 6 heteroatoms. The van der Waals surface area contributed by atoms with Crippen molar-refractivity contribution in [2.24, 2.45) is 0 Å². The van der Waals surface area contributed by atoms with Crippen LogP contribution < -0.4 is 10.1 Å². The number of carbonyl (C=O) groups is 2. The lowest BCUT2D eigenvalue weighted by molar-refractivity contribution is -0.134. The molecule has 1 aliphatic rings. The molecule has 0 radical (unpaired) electrons. The van der Waals surface area contributed by atoms with Crippen molar-refractivity contribution in [2.75, 3.05) is 6.54 Å². The Balaban J connectivity index is 1.41. The Morgan fingerprint density at radius 1 is 1.03 bits per heavy atom. The molecule has 176 valence electrons. The van der Waals surface area contributed by atoms with Gasteiger partial charge in [0.15, 0.2) is 5.60 Å². The molecular formula is C28H29ClN2O3. The number of rotatable bonds is 8. The van der Waals surface area contributed by atoms with E-state index in [9.17, 15) is 9.59 Å². The number of likely N-dealkylation sites (tertiary alicyclic amines) is 1. The maximum absolute atomic E-state index is 12.9. The fourth-order valence-electron chi connectivity index (χ4n) is 4.07. The summed E-state index contributed by atoms with van der Waals surface area (Å²) in [5.41, 5.74) is 3.21. The molecule has 0 aliphatic carbocycles. The normalized spacial score (nSPS) is 13.7. The molecule has 0 atom stereocenters. The van der Waals surface area contributed by atoms with Crippen molar-refractivity contribution in [1.82, 2.24) is 10.2 Å². The summed E-state index contributed by atoms with van der Waals surface area (Å²) in [6.45, 7) is 5.35. The van der Waals surface area contributed by atoms with Crippen LogP contribution in [0.25, 0.3) is 11.1 Å². The van der Waals surface area contributed by atoms with Crippen molar-refractivity contribution in [1.29, 1.82) is 0 Å². The minimum Gasteiger partial charge on any atom is -0.478 e. The highest BCUT2D eigenvalue weighted by atomic mass is 35.5. The van der Waals surface area contributed by atoms with Gasteiger partial charge in [-0.2, -0.15) is 0 Å². The van der Waals surface area contributed by atoms with Crippen LogP contribution >= 0.6 is 11.6 Å². The first-order valence-corrected chi connectivity index (χ1v) is 11.9. The van der Waals surface area contributed by atoms with Crippen molar-refractivity contribution in [2.45, 2.75) is 45.4 Å². The minimum atomic E-state index is -1.04. The molecule has 0 saturated carbocycles. The molecule has 1 fully saturated rings. The summed E-state index contributed by atoms with van der Waals surface area (Å²) in [6, 6.07) is 23.3. The molecule has 1 saturated heterocycles. The smallest absolute Gasteiger partial charge is 0.263 e. The van der Waals surface area contributed by atoms with Gasteiger partial charge < -0.3 is 15.0 Å². The molecule has 3 aromatic carbocycles. The number of hydrogen-bond donors (Lipinski definition) is 1. The fraction of sp³-hybridized carbons (Fsp3) is 0.286. The predicted octanol–water partition coefficient (Wildman–Crippen LogP) is 5.60. The number of ether oxygens (including phenoxy) is 1. The van der Waals surface area contributed by atoms with Crippen molar-refractivity contribution in [3.05, 3.63) is 88.9 Å². The van der Waals surface area contributed by atoms with E-state index in [4.69, 9.17) is 16.3 Å². The van der Waals surface area contributed by atoms with Gasteiger partial charge >= 0.3 is 0 Å². The Morgan fingerprint density at radius 2 is 1.74 bits per heavy atom. The van der Waals surface area contributed by atoms with E-state index in [-0.39, 0.29) is 11.8 Å². The van der Waals surface area contributed by atoms with Crippen LogP contribution in [0.3, 0.4) is 0 Å². The van der Waals surface area contributed by atoms with Crippen LogP contribution in [0.1, 0.15) is 37.8 Å². The molecule has 2 amide bonds. The molecule has 3 aromatic rings. The predicted molar refractivity (Wildman–Crippen MR) is 135 cm³/mol. The zero-order chi connectivity index (χ0) is 24.1. The third-order valence-electron chi connectivity index (χ3n) is 6.00. The van der Waals surface area contributed by atoms with E-state index in [1.165, 1.54) is 0 Å². The van der Waals surface area contributed by atoms with Gasteiger partial charge in [-0.25, -0.2) is 0 Å². The van der Waals surface area contributed by atoms with Gasteiger partial charge in [0, 0.05) is 31.1 Å². The summed E-state index contributed by atoms with van der Waals surface area (Å²) < 4.78 is 5.90. The van der Waals surface area contributed by atoms with Crippen molar-refractivity contribution in [3.63, 3.8) is 0 Å². The Hall–Kier alpha value is -3.31. The Labute approximate surface area is 205 Å². The second-order valence-corrected chi connectivity index (χ2v) is 9.46. The third kappa shape index (κ3) is 5.78. The molecular weight excluding hydrogens is 448 g/mol. The third-order valence-corrected chi connectivity index (χ3v) is 6.25. The lowest BCUT2D eigenvalue weighted by Gasteiger charge is -2.25. The Bertz CT molecular complexity index is 1160. The van der Waals surface area contributed by atoms with Crippen LogP contribution in [0.4, 0.5) is 0 Å². The summed E-state index contributed by atoms with van der Waals surface area (Å²) in [5.74, 6) is 0.608. The molecule has 1 heterocycles. The fourth-order valence-corrected chi connectivity index (χ4v) is 4.20. The number of carbonyl (C=O) groups excluding carboxylic acids is 2. The Kier molecular flexibility index (Phi) is 7.23. The van der Waals surface area contributed by atoms with Crippen LogP contribution in [0.5, 0.6) is 5.75 Å². The van der Waals surface area contributed by atoms with E-state index < -0.39 is 5.60 Å². The zero-order valence-corrected chi connectivity index (χ0v) is 20.3. The van der Waals surface area contributed by atoms with Gasteiger partial charge in [0.25, 0.3) is 5.91 Å². The van der Waals surface area contributed by atoms with E-state index in [2.05, 4.69) is 35.6 Å². The molecule has 0 bridgehead atoms. The summed E-state index contributed by atoms with van der Waals surface area (Å²) in [5, 5.41) is 3.63. The van der Waals surface area contributed by atoms with Crippen LogP contribution in [0.15, 0.2) is 72.8 Å². The Morgan fingerprint density at radius 3 is 2.41 bits per heavy atom. The van der Waals surface area contributed by atoms with Crippen molar-refractivity contribution < 1.29 is 14.3 Å². The van der Waals surface area contributed by atoms with E-state index in [0.29, 0.717) is 30.3 Å². The first kappa shape index (κ1) is 23.8. The summed E-state index contributed by atoms with van der Waals surface area (Å²) in [7, 11) is 0. The molecule has 0 aromatic heterocycles. The molecule has 0 unspecified atom stereocenters. The average molecular weight is 477 g/mol. The number of benzene rings is 3. The van der Waals surface area contributed by atoms with E-state index in [1.54, 1.807) is 38.1 Å².